The molecule has 0 aliphatic carbocycles. The van der Waals surface area contributed by atoms with Crippen LogP contribution >= 0.6 is 0 Å². The molecule has 9 heteroatoms. The summed E-state index contributed by atoms with van der Waals surface area (Å²) in [6, 6.07) is 5.85. The van der Waals surface area contributed by atoms with Crippen LogP contribution < -0.4 is 0 Å². The molecule has 1 aromatic carbocycles. The summed E-state index contributed by atoms with van der Waals surface area (Å²) >= 11 is 0. The first kappa shape index (κ1) is 16.6. The summed E-state index contributed by atoms with van der Waals surface area (Å²) in [6.45, 7) is 0. The molecule has 5 atom stereocenters. The van der Waals surface area contributed by atoms with Gasteiger partial charge in [0, 0.05) is 17.1 Å². The summed E-state index contributed by atoms with van der Waals surface area (Å²) in [5.41, 5.74) is 0.0933. The molecular formula is C15H15NO8. The zero-order valence-electron chi connectivity index (χ0n) is 12.1. The maximum atomic E-state index is 11.2. The van der Waals surface area contributed by atoms with E-state index in [1.165, 1.54) is 18.2 Å². The van der Waals surface area contributed by atoms with Crippen LogP contribution in [-0.2, 0) is 15.3 Å². The first-order valence-corrected chi connectivity index (χ1v) is 7.01. The normalized spacial score (nSPS) is 33.5. The van der Waals surface area contributed by atoms with Crippen molar-refractivity contribution in [2.45, 2.75) is 30.2 Å². The predicted octanol–water partition coefficient (Wildman–Crippen LogP) is -1.35. The number of aliphatic carboxylic acids is 1. The standard InChI is InChI=1S/C15H15NO8/c17-8-3-1-2-6-4-7(5-16-9(6)8)15(23)13(20)11(19)10(18)12(24-15)14(21)22/h1-5,10-13,17-20,23H,(H,21,22)/t10-,11-,12-,13+,15?/m0/s1. The van der Waals surface area contributed by atoms with Crippen molar-refractivity contribution in [2.75, 3.05) is 0 Å². The molecule has 1 fully saturated rings. The number of fused-ring (bicyclic) bond motifs is 1. The molecule has 2 heterocycles. The molecule has 0 amide bonds. The van der Waals surface area contributed by atoms with Crippen molar-refractivity contribution in [2.24, 2.45) is 0 Å². The number of aromatic nitrogens is 1. The minimum absolute atomic E-state index is 0.102. The minimum Gasteiger partial charge on any atom is -0.506 e. The summed E-state index contributed by atoms with van der Waals surface area (Å²) < 4.78 is 4.99. The molecule has 0 saturated carbocycles. The molecule has 128 valence electrons. The van der Waals surface area contributed by atoms with Gasteiger partial charge >= 0.3 is 5.97 Å². The Balaban J connectivity index is 2.10. The first-order chi connectivity index (χ1) is 11.3. The number of hydrogen-bond donors (Lipinski definition) is 6. The monoisotopic (exact) mass is 337 g/mol. The molecule has 6 N–H and O–H groups in total. The zero-order valence-corrected chi connectivity index (χ0v) is 12.1. The van der Waals surface area contributed by atoms with Crippen LogP contribution in [0.2, 0.25) is 0 Å². The van der Waals surface area contributed by atoms with E-state index in [2.05, 4.69) is 4.98 Å². The van der Waals surface area contributed by atoms with E-state index in [1.54, 1.807) is 6.07 Å². The van der Waals surface area contributed by atoms with Crippen molar-refractivity contribution in [3.8, 4) is 5.75 Å². The zero-order chi connectivity index (χ0) is 17.6. The number of aliphatic hydroxyl groups excluding tert-OH is 3. The van der Waals surface area contributed by atoms with Gasteiger partial charge in [-0.2, -0.15) is 0 Å². The number of carbonyl (C=O) groups is 1. The summed E-state index contributed by atoms with van der Waals surface area (Å²) in [4.78, 5) is 15.1. The highest BCUT2D eigenvalue weighted by molar-refractivity contribution is 5.84. The lowest BCUT2D eigenvalue weighted by molar-refractivity contribution is -0.349. The van der Waals surface area contributed by atoms with E-state index in [1.807, 2.05) is 0 Å². The summed E-state index contributed by atoms with van der Waals surface area (Å²) in [5, 5.41) is 59.5. The van der Waals surface area contributed by atoms with E-state index < -0.39 is 36.2 Å². The van der Waals surface area contributed by atoms with Gasteiger partial charge in [-0.3, -0.25) is 4.98 Å². The van der Waals surface area contributed by atoms with Crippen LogP contribution in [-0.4, -0.2) is 66.0 Å². The Kier molecular flexibility index (Phi) is 3.90. The number of nitrogens with zero attached hydrogens (tertiary/aromatic N) is 1. The molecule has 1 aliphatic rings. The Morgan fingerprint density at radius 3 is 2.58 bits per heavy atom. The molecule has 9 nitrogen and oxygen atoms in total. The van der Waals surface area contributed by atoms with Gasteiger partial charge in [0.25, 0.3) is 0 Å². The van der Waals surface area contributed by atoms with Crippen LogP contribution in [0.3, 0.4) is 0 Å². The molecule has 1 saturated heterocycles. The highest BCUT2D eigenvalue weighted by Gasteiger charge is 2.56. The van der Waals surface area contributed by atoms with Gasteiger partial charge in [-0.05, 0) is 12.1 Å². The number of phenols is 1. The second-order valence-corrected chi connectivity index (χ2v) is 5.57. The fraction of sp³-hybridized carbons (Fsp3) is 0.333. The molecular weight excluding hydrogens is 322 g/mol. The van der Waals surface area contributed by atoms with Crippen molar-refractivity contribution in [1.29, 1.82) is 0 Å². The van der Waals surface area contributed by atoms with E-state index in [9.17, 15) is 30.3 Å². The molecule has 0 bridgehead atoms. The van der Waals surface area contributed by atoms with Crippen LogP contribution in [0.4, 0.5) is 0 Å². The molecule has 0 spiro atoms. The average Bonchev–Trinajstić information content (AvgIpc) is 2.56. The topological polar surface area (TPSA) is 161 Å². The molecule has 2 aromatic rings. The number of carboxylic acid groups (broad SMARTS) is 1. The van der Waals surface area contributed by atoms with Crippen LogP contribution in [0.5, 0.6) is 5.75 Å². The molecule has 24 heavy (non-hydrogen) atoms. The third kappa shape index (κ3) is 2.39. The van der Waals surface area contributed by atoms with Gasteiger partial charge in [-0.25, -0.2) is 4.79 Å². The number of hydrogen-bond acceptors (Lipinski definition) is 8. The van der Waals surface area contributed by atoms with E-state index in [0.717, 1.165) is 6.20 Å². The maximum Gasteiger partial charge on any atom is 0.335 e. The highest BCUT2D eigenvalue weighted by Crippen LogP contribution is 2.37. The number of para-hydroxylation sites is 1. The minimum atomic E-state index is -2.60. The van der Waals surface area contributed by atoms with Crippen molar-refractivity contribution >= 4 is 16.9 Å². The number of benzene rings is 1. The van der Waals surface area contributed by atoms with E-state index in [0.29, 0.717) is 5.39 Å². The Morgan fingerprint density at radius 1 is 1.21 bits per heavy atom. The van der Waals surface area contributed by atoms with Crippen LogP contribution in [0.1, 0.15) is 5.56 Å². The number of ether oxygens (including phenoxy) is 1. The van der Waals surface area contributed by atoms with Crippen LogP contribution in [0.15, 0.2) is 30.5 Å². The number of aliphatic hydroxyl groups is 4. The fourth-order valence-electron chi connectivity index (χ4n) is 2.71. The van der Waals surface area contributed by atoms with Crippen LogP contribution in [0.25, 0.3) is 10.9 Å². The largest absolute Gasteiger partial charge is 0.506 e. The molecule has 1 aliphatic heterocycles. The van der Waals surface area contributed by atoms with Gasteiger partial charge in [0.05, 0.1) is 0 Å². The van der Waals surface area contributed by atoms with Crippen molar-refractivity contribution in [3.05, 3.63) is 36.0 Å². The number of carboxylic acids is 1. The fourth-order valence-corrected chi connectivity index (χ4v) is 2.71. The SMILES string of the molecule is O=C(O)[C@H]1OC(O)(c2cnc3c(O)cccc3c2)[C@H](O)[C@@H](O)[C@@H]1O. The van der Waals surface area contributed by atoms with E-state index in [4.69, 9.17) is 9.84 Å². The van der Waals surface area contributed by atoms with E-state index >= 15 is 0 Å². The number of rotatable bonds is 2. The van der Waals surface area contributed by atoms with Crippen molar-refractivity contribution in [3.63, 3.8) is 0 Å². The van der Waals surface area contributed by atoms with Gasteiger partial charge in [0.15, 0.2) is 6.10 Å². The van der Waals surface area contributed by atoms with Gasteiger partial charge in [0.1, 0.15) is 29.6 Å². The Morgan fingerprint density at radius 2 is 1.92 bits per heavy atom. The number of aromatic hydroxyl groups is 1. The lowest BCUT2D eigenvalue weighted by Gasteiger charge is -2.44. The molecule has 1 unspecified atom stereocenters. The van der Waals surface area contributed by atoms with Gasteiger partial charge in [-0.1, -0.05) is 12.1 Å². The Hall–Kier alpha value is -2.30. The van der Waals surface area contributed by atoms with Gasteiger partial charge in [0.2, 0.25) is 5.79 Å². The summed E-state index contributed by atoms with van der Waals surface area (Å²) in [6.07, 6.45) is -6.76. The second-order valence-electron chi connectivity index (χ2n) is 5.57. The summed E-state index contributed by atoms with van der Waals surface area (Å²) in [7, 11) is 0. The van der Waals surface area contributed by atoms with Gasteiger partial charge < -0.3 is 35.4 Å². The predicted molar refractivity (Wildman–Crippen MR) is 77.8 cm³/mol. The number of phenolic OH excluding ortho intramolecular Hbond substituents is 1. The molecule has 1 aromatic heterocycles. The summed E-state index contributed by atoms with van der Waals surface area (Å²) in [5.74, 6) is -4.32. The van der Waals surface area contributed by atoms with Crippen molar-refractivity contribution in [1.82, 2.24) is 4.98 Å². The number of pyridine rings is 1. The Labute approximate surface area is 135 Å². The molecule has 0 radical (unpaired) electrons. The lowest BCUT2D eigenvalue weighted by Crippen LogP contribution is -2.64. The van der Waals surface area contributed by atoms with E-state index in [-0.39, 0.29) is 16.8 Å². The van der Waals surface area contributed by atoms with Gasteiger partial charge in [-0.15, -0.1) is 0 Å². The second kappa shape index (κ2) is 5.65. The quantitative estimate of drug-likeness (QED) is 0.389. The van der Waals surface area contributed by atoms with Crippen LogP contribution in [0, 0.1) is 0 Å². The average molecular weight is 337 g/mol. The lowest BCUT2D eigenvalue weighted by atomic mass is 9.88. The third-order valence-electron chi connectivity index (χ3n) is 4.04. The first-order valence-electron chi connectivity index (χ1n) is 7.01. The smallest absolute Gasteiger partial charge is 0.335 e. The highest BCUT2D eigenvalue weighted by atomic mass is 16.7. The van der Waals surface area contributed by atoms with Crippen molar-refractivity contribution < 1.29 is 40.2 Å². The Bertz CT molecular complexity index is 796. The third-order valence-corrected chi connectivity index (χ3v) is 4.04. The maximum absolute atomic E-state index is 11.2. The molecule has 3 rings (SSSR count).